The van der Waals surface area contributed by atoms with Crippen molar-refractivity contribution in [1.29, 1.82) is 0 Å². The van der Waals surface area contributed by atoms with E-state index in [1.165, 1.54) is 12.1 Å². The number of halogens is 4. The molecule has 0 aliphatic rings. The zero-order valence-electron chi connectivity index (χ0n) is 13.5. The zero-order valence-corrected chi connectivity index (χ0v) is 15.1. The lowest BCUT2D eigenvalue weighted by atomic mass is 10.1. The number of hydrogen-bond acceptors (Lipinski definition) is 4. The molecule has 0 bridgehead atoms. The lowest BCUT2D eigenvalue weighted by Crippen LogP contribution is -2.12. The van der Waals surface area contributed by atoms with Gasteiger partial charge in [-0.05, 0) is 59.3 Å². The normalized spacial score (nSPS) is 12.2. The van der Waals surface area contributed by atoms with Gasteiger partial charge in [0.1, 0.15) is 28.8 Å². The summed E-state index contributed by atoms with van der Waals surface area (Å²) < 4.78 is 45.4. The number of hydrogen-bond donors (Lipinski definition) is 1. The molecule has 0 amide bonds. The first kappa shape index (κ1) is 19.7. The molecule has 8 heteroatoms. The number of carbonyl (C=O) groups is 1. The minimum atomic E-state index is -0.974. The minimum absolute atomic E-state index is 0.00279. The second kappa shape index (κ2) is 8.66. The number of aliphatic hydroxyl groups is 1. The Morgan fingerprint density at radius 1 is 1.19 bits per heavy atom. The van der Waals surface area contributed by atoms with Crippen LogP contribution in [-0.4, -0.2) is 23.9 Å². The summed E-state index contributed by atoms with van der Waals surface area (Å²) in [6, 6.07) is 6.55. The van der Waals surface area contributed by atoms with Gasteiger partial charge in [-0.2, -0.15) is 0 Å². The summed E-state index contributed by atoms with van der Waals surface area (Å²) >= 11 is 2.83. The number of rotatable bonds is 5. The number of aliphatic imine (C=N–C) groups is 1. The summed E-state index contributed by atoms with van der Waals surface area (Å²) in [5.41, 5.74) is -0.723. The van der Waals surface area contributed by atoms with Crippen LogP contribution in [0.3, 0.4) is 0 Å². The van der Waals surface area contributed by atoms with Crippen molar-refractivity contribution in [2.24, 2.45) is 4.99 Å². The van der Waals surface area contributed by atoms with Crippen LogP contribution in [0, 0.1) is 17.5 Å². The van der Waals surface area contributed by atoms with Gasteiger partial charge in [-0.3, -0.25) is 4.99 Å². The molecule has 0 fully saturated rings. The summed E-state index contributed by atoms with van der Waals surface area (Å²) in [6.45, 7) is 1.54. The molecule has 0 saturated carbocycles. The summed E-state index contributed by atoms with van der Waals surface area (Å²) in [6.07, 6.45) is 0.944. The minimum Gasteiger partial charge on any atom is -0.506 e. The molecule has 2 aromatic rings. The lowest BCUT2D eigenvalue weighted by molar-refractivity contribution is -0.137. The molecule has 0 aliphatic heterocycles. The Morgan fingerprint density at radius 3 is 2.46 bits per heavy atom. The summed E-state index contributed by atoms with van der Waals surface area (Å²) in [5.74, 6) is -4.06. The van der Waals surface area contributed by atoms with Crippen molar-refractivity contribution in [3.05, 3.63) is 69.5 Å². The highest BCUT2D eigenvalue weighted by Crippen LogP contribution is 2.26. The average Bonchev–Trinajstić information content (AvgIpc) is 2.60. The van der Waals surface area contributed by atoms with Crippen molar-refractivity contribution in [2.75, 3.05) is 6.61 Å². The van der Waals surface area contributed by atoms with E-state index in [1.54, 1.807) is 6.92 Å². The maximum atomic E-state index is 14.1. The molecule has 0 aliphatic carbocycles. The van der Waals surface area contributed by atoms with Gasteiger partial charge < -0.3 is 9.84 Å². The van der Waals surface area contributed by atoms with Gasteiger partial charge >= 0.3 is 5.97 Å². The standard InChI is InChI=1S/C18H13BrF3NO3/c1-2-26-18(25)13(9-23-11-5-3-10(20)4-6-11)17(24)12-7-16(22)14(19)8-15(12)21/h3-9,24H,2H2,1H3/b17-13-,23-9?. The van der Waals surface area contributed by atoms with E-state index in [4.69, 9.17) is 4.74 Å². The van der Waals surface area contributed by atoms with Crippen molar-refractivity contribution >= 4 is 39.6 Å². The van der Waals surface area contributed by atoms with Crippen LogP contribution in [-0.2, 0) is 9.53 Å². The van der Waals surface area contributed by atoms with Gasteiger partial charge in [0, 0.05) is 6.21 Å². The fourth-order valence-electron chi connectivity index (χ4n) is 1.93. The molecule has 0 spiro atoms. The third kappa shape index (κ3) is 4.72. The molecule has 136 valence electrons. The Kier molecular flexibility index (Phi) is 6.57. The van der Waals surface area contributed by atoms with Crippen molar-refractivity contribution in [2.45, 2.75) is 6.92 Å². The molecule has 0 atom stereocenters. The fourth-order valence-corrected chi connectivity index (χ4v) is 2.25. The number of nitrogens with zero attached hydrogens (tertiary/aromatic N) is 1. The molecule has 0 radical (unpaired) electrons. The lowest BCUT2D eigenvalue weighted by Gasteiger charge is -2.08. The molecule has 1 N–H and O–H groups in total. The van der Waals surface area contributed by atoms with Crippen LogP contribution in [0.15, 0.2) is 51.4 Å². The maximum Gasteiger partial charge on any atom is 0.343 e. The Balaban J connectivity index is 2.52. The van der Waals surface area contributed by atoms with E-state index in [0.717, 1.165) is 30.5 Å². The zero-order chi connectivity index (χ0) is 19.3. The maximum absolute atomic E-state index is 14.1. The first-order valence-corrected chi connectivity index (χ1v) is 8.17. The average molecular weight is 428 g/mol. The highest BCUT2D eigenvalue weighted by Gasteiger charge is 2.20. The predicted molar refractivity (Wildman–Crippen MR) is 94.8 cm³/mol. The van der Waals surface area contributed by atoms with E-state index in [1.807, 2.05) is 0 Å². The molecule has 4 nitrogen and oxygen atoms in total. The smallest absolute Gasteiger partial charge is 0.343 e. The highest BCUT2D eigenvalue weighted by molar-refractivity contribution is 9.10. The molecular weight excluding hydrogens is 415 g/mol. The Bertz CT molecular complexity index is 880. The summed E-state index contributed by atoms with van der Waals surface area (Å²) in [5, 5.41) is 10.3. The molecule has 0 saturated heterocycles. The molecule has 0 unspecified atom stereocenters. The third-order valence-corrected chi connectivity index (χ3v) is 3.79. The van der Waals surface area contributed by atoms with Crippen LogP contribution >= 0.6 is 15.9 Å². The second-order valence-corrected chi connectivity index (χ2v) is 5.82. The van der Waals surface area contributed by atoms with E-state index in [-0.39, 0.29) is 16.8 Å². The van der Waals surface area contributed by atoms with Gasteiger partial charge in [-0.1, -0.05) is 0 Å². The molecule has 0 aromatic heterocycles. The van der Waals surface area contributed by atoms with Gasteiger partial charge in [0.05, 0.1) is 22.3 Å². The van der Waals surface area contributed by atoms with Crippen LogP contribution in [0.5, 0.6) is 0 Å². The number of aliphatic hydroxyl groups excluding tert-OH is 1. The van der Waals surface area contributed by atoms with E-state index >= 15 is 0 Å². The van der Waals surface area contributed by atoms with Crippen LogP contribution in [0.2, 0.25) is 0 Å². The van der Waals surface area contributed by atoms with Gasteiger partial charge in [0.15, 0.2) is 0 Å². The second-order valence-electron chi connectivity index (χ2n) is 4.96. The quantitative estimate of drug-likeness (QED) is 0.237. The fraction of sp³-hybridized carbons (Fsp3) is 0.111. The van der Waals surface area contributed by atoms with Crippen molar-refractivity contribution in [3.63, 3.8) is 0 Å². The SMILES string of the molecule is CCOC(=O)/C(C=Nc1ccc(F)cc1)=C(\O)c1cc(F)c(Br)cc1F. The first-order chi connectivity index (χ1) is 12.3. The van der Waals surface area contributed by atoms with Crippen molar-refractivity contribution < 1.29 is 27.8 Å². The monoisotopic (exact) mass is 427 g/mol. The van der Waals surface area contributed by atoms with Crippen LogP contribution in [0.25, 0.3) is 5.76 Å². The summed E-state index contributed by atoms with van der Waals surface area (Å²) in [7, 11) is 0. The van der Waals surface area contributed by atoms with E-state index in [9.17, 15) is 23.1 Å². The van der Waals surface area contributed by atoms with E-state index in [2.05, 4.69) is 20.9 Å². The Hall–Kier alpha value is -2.61. The van der Waals surface area contributed by atoms with Gasteiger partial charge in [-0.15, -0.1) is 0 Å². The van der Waals surface area contributed by atoms with Crippen molar-refractivity contribution in [1.82, 2.24) is 0 Å². The molecular formula is C18H13BrF3NO3. The predicted octanol–water partition coefficient (Wildman–Crippen LogP) is 5.10. The van der Waals surface area contributed by atoms with Crippen LogP contribution in [0.4, 0.5) is 18.9 Å². The van der Waals surface area contributed by atoms with Crippen LogP contribution in [0.1, 0.15) is 12.5 Å². The van der Waals surface area contributed by atoms with Gasteiger partial charge in [0.25, 0.3) is 0 Å². The van der Waals surface area contributed by atoms with Crippen molar-refractivity contribution in [3.8, 4) is 0 Å². The highest BCUT2D eigenvalue weighted by atomic mass is 79.9. The summed E-state index contributed by atoms with van der Waals surface area (Å²) in [4.78, 5) is 16.0. The largest absolute Gasteiger partial charge is 0.506 e. The third-order valence-electron chi connectivity index (χ3n) is 3.18. The molecule has 2 aromatic carbocycles. The Morgan fingerprint density at radius 2 is 1.85 bits per heavy atom. The molecule has 26 heavy (non-hydrogen) atoms. The number of benzene rings is 2. The molecule has 2 rings (SSSR count). The number of carbonyl (C=O) groups excluding carboxylic acids is 1. The Labute approximate surface area is 155 Å². The molecule has 0 heterocycles. The topological polar surface area (TPSA) is 58.9 Å². The van der Waals surface area contributed by atoms with Gasteiger partial charge in [0.2, 0.25) is 0 Å². The van der Waals surface area contributed by atoms with Crippen LogP contribution < -0.4 is 0 Å². The van der Waals surface area contributed by atoms with E-state index < -0.39 is 40.3 Å². The van der Waals surface area contributed by atoms with E-state index in [0.29, 0.717) is 0 Å². The van der Waals surface area contributed by atoms with Gasteiger partial charge in [-0.25, -0.2) is 18.0 Å². The number of esters is 1. The first-order valence-electron chi connectivity index (χ1n) is 7.38. The number of ether oxygens (including phenoxy) is 1.